The molecule has 0 saturated carbocycles. The van der Waals surface area contributed by atoms with Gasteiger partial charge < -0.3 is 10.1 Å². The van der Waals surface area contributed by atoms with E-state index in [1.54, 1.807) is 19.2 Å². The minimum atomic E-state index is -0.00126. The number of unbranched alkanes of at least 4 members (excludes halogenated alkanes) is 6. The predicted molar refractivity (Wildman–Crippen MR) is 83.3 cm³/mol. The van der Waals surface area contributed by atoms with Crippen LogP contribution in [0.5, 0.6) is 5.75 Å². The Bertz CT molecular complexity index is 373. The Morgan fingerprint density at radius 3 is 2.20 bits per heavy atom. The van der Waals surface area contributed by atoms with Crippen molar-refractivity contribution in [1.29, 1.82) is 0 Å². The first-order chi connectivity index (χ1) is 9.77. The molecule has 3 nitrogen and oxygen atoms in total. The first kappa shape index (κ1) is 16.5. The SMILES string of the molecule is CCCCCCCCCNC(=O)c1ccc(OC)cc1. The van der Waals surface area contributed by atoms with E-state index in [0.29, 0.717) is 5.56 Å². The van der Waals surface area contributed by atoms with Crippen LogP contribution in [0.3, 0.4) is 0 Å². The summed E-state index contributed by atoms with van der Waals surface area (Å²) in [5.41, 5.74) is 0.689. The molecule has 1 rings (SSSR count). The van der Waals surface area contributed by atoms with E-state index in [4.69, 9.17) is 4.74 Å². The Kier molecular flexibility index (Phi) is 8.52. The number of amides is 1. The van der Waals surface area contributed by atoms with Gasteiger partial charge in [-0.3, -0.25) is 4.79 Å². The molecule has 0 atom stereocenters. The summed E-state index contributed by atoms with van der Waals surface area (Å²) in [4.78, 5) is 11.9. The summed E-state index contributed by atoms with van der Waals surface area (Å²) in [6.07, 6.45) is 8.83. The lowest BCUT2D eigenvalue weighted by atomic mass is 10.1. The summed E-state index contributed by atoms with van der Waals surface area (Å²) < 4.78 is 5.07. The smallest absolute Gasteiger partial charge is 0.251 e. The standard InChI is InChI=1S/C17H27NO2/c1-3-4-5-6-7-8-9-14-18-17(19)15-10-12-16(20-2)13-11-15/h10-13H,3-9,14H2,1-2H3,(H,18,19). The highest BCUT2D eigenvalue weighted by molar-refractivity contribution is 5.94. The summed E-state index contributed by atoms with van der Waals surface area (Å²) in [5.74, 6) is 0.771. The maximum absolute atomic E-state index is 11.9. The highest BCUT2D eigenvalue weighted by Gasteiger charge is 2.04. The second kappa shape index (κ2) is 10.3. The molecule has 20 heavy (non-hydrogen) atoms. The minimum Gasteiger partial charge on any atom is -0.497 e. The lowest BCUT2D eigenvalue weighted by Gasteiger charge is -2.06. The number of carbonyl (C=O) groups excluding carboxylic acids is 1. The van der Waals surface area contributed by atoms with E-state index in [2.05, 4.69) is 12.2 Å². The molecule has 0 saturated heterocycles. The Morgan fingerprint density at radius 1 is 1.00 bits per heavy atom. The van der Waals surface area contributed by atoms with Crippen molar-refractivity contribution in [2.24, 2.45) is 0 Å². The molecule has 1 aromatic rings. The largest absolute Gasteiger partial charge is 0.497 e. The Labute approximate surface area is 122 Å². The molecule has 0 aliphatic heterocycles. The predicted octanol–water partition coefficient (Wildman–Crippen LogP) is 4.18. The summed E-state index contributed by atoms with van der Waals surface area (Å²) in [6, 6.07) is 7.20. The second-order valence-corrected chi connectivity index (χ2v) is 5.11. The number of methoxy groups -OCH3 is 1. The van der Waals surface area contributed by atoms with Gasteiger partial charge in [-0.05, 0) is 30.7 Å². The van der Waals surface area contributed by atoms with Crippen molar-refractivity contribution in [1.82, 2.24) is 5.32 Å². The summed E-state index contributed by atoms with van der Waals surface area (Å²) in [7, 11) is 1.62. The van der Waals surface area contributed by atoms with Crippen LogP contribution in [0.15, 0.2) is 24.3 Å². The van der Waals surface area contributed by atoms with Crippen LogP contribution in [0.2, 0.25) is 0 Å². The van der Waals surface area contributed by atoms with E-state index >= 15 is 0 Å². The second-order valence-electron chi connectivity index (χ2n) is 5.11. The number of rotatable bonds is 10. The molecular formula is C17H27NO2. The average Bonchev–Trinajstić information content (AvgIpc) is 2.50. The summed E-state index contributed by atoms with van der Waals surface area (Å²) in [5, 5.41) is 2.96. The third-order valence-electron chi connectivity index (χ3n) is 3.42. The van der Waals surface area contributed by atoms with Gasteiger partial charge in [0.25, 0.3) is 5.91 Å². The van der Waals surface area contributed by atoms with Gasteiger partial charge in [-0.2, -0.15) is 0 Å². The molecule has 0 heterocycles. The van der Waals surface area contributed by atoms with E-state index in [1.807, 2.05) is 12.1 Å². The van der Waals surface area contributed by atoms with Gasteiger partial charge in [0.05, 0.1) is 7.11 Å². The molecule has 112 valence electrons. The van der Waals surface area contributed by atoms with Crippen LogP contribution < -0.4 is 10.1 Å². The summed E-state index contributed by atoms with van der Waals surface area (Å²) in [6.45, 7) is 2.99. The van der Waals surface area contributed by atoms with Gasteiger partial charge in [0.2, 0.25) is 0 Å². The van der Waals surface area contributed by atoms with Crippen molar-refractivity contribution in [3.8, 4) is 5.75 Å². The van der Waals surface area contributed by atoms with Crippen LogP contribution >= 0.6 is 0 Å². The molecular weight excluding hydrogens is 250 g/mol. The Morgan fingerprint density at radius 2 is 1.60 bits per heavy atom. The van der Waals surface area contributed by atoms with E-state index in [9.17, 15) is 4.79 Å². The maximum atomic E-state index is 11.9. The fraction of sp³-hybridized carbons (Fsp3) is 0.588. The highest BCUT2D eigenvalue weighted by Crippen LogP contribution is 2.11. The van der Waals surface area contributed by atoms with Crippen LogP contribution in [0.4, 0.5) is 0 Å². The molecule has 0 fully saturated rings. The Balaban J connectivity index is 2.10. The highest BCUT2D eigenvalue weighted by atomic mass is 16.5. The van der Waals surface area contributed by atoms with Crippen LogP contribution in [-0.2, 0) is 0 Å². The quantitative estimate of drug-likeness (QED) is 0.652. The third-order valence-corrected chi connectivity index (χ3v) is 3.42. The van der Waals surface area contributed by atoms with Gasteiger partial charge in [0.15, 0.2) is 0 Å². The maximum Gasteiger partial charge on any atom is 0.251 e. The fourth-order valence-electron chi connectivity index (χ4n) is 2.13. The molecule has 1 aromatic carbocycles. The molecule has 1 amide bonds. The van der Waals surface area contributed by atoms with Crippen molar-refractivity contribution in [2.75, 3.05) is 13.7 Å². The van der Waals surface area contributed by atoms with Crippen LogP contribution in [0.1, 0.15) is 62.2 Å². The van der Waals surface area contributed by atoms with Gasteiger partial charge in [-0.25, -0.2) is 0 Å². The summed E-state index contributed by atoms with van der Waals surface area (Å²) >= 11 is 0. The van der Waals surface area contributed by atoms with Crippen molar-refractivity contribution < 1.29 is 9.53 Å². The normalized spacial score (nSPS) is 10.3. The molecule has 0 aromatic heterocycles. The number of nitrogens with one attached hydrogen (secondary N) is 1. The number of ether oxygens (including phenoxy) is 1. The van der Waals surface area contributed by atoms with E-state index in [1.165, 1.54) is 38.5 Å². The molecule has 0 bridgehead atoms. The lowest BCUT2D eigenvalue weighted by molar-refractivity contribution is 0.0953. The molecule has 0 radical (unpaired) electrons. The van der Waals surface area contributed by atoms with Gasteiger partial charge in [-0.15, -0.1) is 0 Å². The first-order valence-electron chi connectivity index (χ1n) is 7.70. The molecule has 3 heteroatoms. The first-order valence-corrected chi connectivity index (χ1v) is 7.70. The van der Waals surface area contributed by atoms with Crippen molar-refractivity contribution >= 4 is 5.91 Å². The van der Waals surface area contributed by atoms with E-state index in [-0.39, 0.29) is 5.91 Å². The number of hydrogen-bond donors (Lipinski definition) is 1. The van der Waals surface area contributed by atoms with Crippen molar-refractivity contribution in [3.63, 3.8) is 0 Å². The molecule has 0 aliphatic carbocycles. The van der Waals surface area contributed by atoms with Gasteiger partial charge in [0, 0.05) is 12.1 Å². The van der Waals surface area contributed by atoms with Crippen LogP contribution in [0, 0.1) is 0 Å². The number of carbonyl (C=O) groups is 1. The van der Waals surface area contributed by atoms with Crippen molar-refractivity contribution in [3.05, 3.63) is 29.8 Å². The van der Waals surface area contributed by atoms with Gasteiger partial charge in [-0.1, -0.05) is 45.4 Å². The zero-order chi connectivity index (χ0) is 14.6. The zero-order valence-corrected chi connectivity index (χ0v) is 12.8. The topological polar surface area (TPSA) is 38.3 Å². The zero-order valence-electron chi connectivity index (χ0n) is 12.8. The van der Waals surface area contributed by atoms with Gasteiger partial charge >= 0.3 is 0 Å². The lowest BCUT2D eigenvalue weighted by Crippen LogP contribution is -2.24. The van der Waals surface area contributed by atoms with Crippen molar-refractivity contribution in [2.45, 2.75) is 51.9 Å². The van der Waals surface area contributed by atoms with Gasteiger partial charge in [0.1, 0.15) is 5.75 Å². The van der Waals surface area contributed by atoms with Crippen LogP contribution in [-0.4, -0.2) is 19.6 Å². The van der Waals surface area contributed by atoms with E-state index < -0.39 is 0 Å². The third kappa shape index (κ3) is 6.60. The van der Waals surface area contributed by atoms with Crippen LogP contribution in [0.25, 0.3) is 0 Å². The number of benzene rings is 1. The monoisotopic (exact) mass is 277 g/mol. The molecule has 0 aliphatic rings. The van der Waals surface area contributed by atoms with E-state index in [0.717, 1.165) is 18.7 Å². The minimum absolute atomic E-state index is 0.00126. The molecule has 1 N–H and O–H groups in total. The fourth-order valence-corrected chi connectivity index (χ4v) is 2.13. The Hall–Kier alpha value is -1.51. The molecule has 0 unspecified atom stereocenters. The molecule has 0 spiro atoms. The number of hydrogen-bond acceptors (Lipinski definition) is 2. The average molecular weight is 277 g/mol.